The van der Waals surface area contributed by atoms with Crippen molar-refractivity contribution in [3.63, 3.8) is 0 Å². The molecule has 0 aliphatic carbocycles. The number of hydrogen-bond acceptors (Lipinski definition) is 5. The molecule has 39 heavy (non-hydrogen) atoms. The average Bonchev–Trinajstić information content (AvgIpc) is 3.45. The Morgan fingerprint density at radius 2 is 1.64 bits per heavy atom. The van der Waals surface area contributed by atoms with Gasteiger partial charge in [0.05, 0.1) is 16.5 Å². The van der Waals surface area contributed by atoms with Crippen molar-refractivity contribution in [3.05, 3.63) is 119 Å². The second-order valence-electron chi connectivity index (χ2n) is 8.25. The molecule has 1 unspecified atom stereocenters. The Bertz CT molecular complexity index is 1490. The summed E-state index contributed by atoms with van der Waals surface area (Å²) < 4.78 is 18.7. The maximum Gasteiger partial charge on any atom is 0.272 e. The zero-order chi connectivity index (χ0) is 27.8. The highest BCUT2D eigenvalue weighted by Crippen LogP contribution is 2.27. The topological polar surface area (TPSA) is 100 Å². The second kappa shape index (κ2) is 12.9. The van der Waals surface area contributed by atoms with Crippen LogP contribution >= 0.6 is 23.4 Å². The summed E-state index contributed by atoms with van der Waals surface area (Å²) >= 11 is 7.08. The molecule has 3 N–H and O–H groups in total. The first kappa shape index (κ1) is 27.7. The number of nitrogens with one attached hydrogen (secondary N) is 3. The van der Waals surface area contributed by atoms with E-state index < -0.39 is 22.9 Å². The lowest BCUT2D eigenvalue weighted by Crippen LogP contribution is -2.30. The van der Waals surface area contributed by atoms with Gasteiger partial charge in [-0.25, -0.2) is 4.39 Å². The van der Waals surface area contributed by atoms with Gasteiger partial charge in [-0.1, -0.05) is 29.8 Å². The fourth-order valence-electron chi connectivity index (χ4n) is 3.35. The molecule has 0 aliphatic heterocycles. The maximum absolute atomic E-state index is 13.3. The molecule has 0 bridgehead atoms. The number of anilines is 2. The van der Waals surface area contributed by atoms with Crippen LogP contribution in [-0.4, -0.2) is 23.0 Å². The van der Waals surface area contributed by atoms with Crippen LogP contribution in [0.1, 0.15) is 23.0 Å². The molecule has 4 aromatic rings. The van der Waals surface area contributed by atoms with E-state index in [0.717, 1.165) is 4.90 Å². The van der Waals surface area contributed by atoms with Crippen LogP contribution in [0.25, 0.3) is 6.08 Å². The van der Waals surface area contributed by atoms with Crippen LogP contribution in [0, 0.1) is 5.82 Å². The zero-order valence-electron chi connectivity index (χ0n) is 20.6. The Hall–Kier alpha value is -4.34. The number of thioether (sulfide) groups is 1. The van der Waals surface area contributed by atoms with Crippen molar-refractivity contribution in [1.29, 1.82) is 0 Å². The number of hydrogen-bond donors (Lipinski definition) is 3. The van der Waals surface area contributed by atoms with Gasteiger partial charge in [0.15, 0.2) is 0 Å². The minimum Gasteiger partial charge on any atom is -0.465 e. The summed E-state index contributed by atoms with van der Waals surface area (Å²) in [5, 5.41) is 7.57. The van der Waals surface area contributed by atoms with Gasteiger partial charge >= 0.3 is 0 Å². The molecule has 0 fully saturated rings. The number of rotatable bonds is 9. The lowest BCUT2D eigenvalue weighted by molar-refractivity contribution is -0.115. The van der Waals surface area contributed by atoms with Crippen LogP contribution < -0.4 is 16.0 Å². The standard InChI is InChI=1S/C29H23ClFN3O4S/c1-18(27(35)33-21-11-14-25(31)24(30)16-21)39-23-12-9-20(10-13-23)32-29(37)26(17-22-8-5-15-38-22)34-28(36)19-6-3-2-4-7-19/h2-18H,1H3,(H,32,37)(H,33,35)(H,34,36)/b26-17-. The number of benzene rings is 3. The molecule has 0 spiro atoms. The van der Waals surface area contributed by atoms with Crippen LogP contribution in [0.3, 0.4) is 0 Å². The van der Waals surface area contributed by atoms with E-state index in [9.17, 15) is 18.8 Å². The third-order valence-electron chi connectivity index (χ3n) is 5.34. The fourth-order valence-corrected chi connectivity index (χ4v) is 4.40. The molecule has 198 valence electrons. The van der Waals surface area contributed by atoms with Gasteiger partial charge in [-0.2, -0.15) is 0 Å². The minimum absolute atomic E-state index is 0.00319. The van der Waals surface area contributed by atoms with Gasteiger partial charge in [-0.05, 0) is 73.7 Å². The molecule has 0 aliphatic rings. The molecule has 0 saturated heterocycles. The number of carbonyl (C=O) groups is 3. The number of furan rings is 1. The van der Waals surface area contributed by atoms with Gasteiger partial charge < -0.3 is 20.4 Å². The Kier molecular flexibility index (Phi) is 9.19. The van der Waals surface area contributed by atoms with Crippen LogP contribution in [0.5, 0.6) is 0 Å². The molecule has 3 amide bonds. The summed E-state index contributed by atoms with van der Waals surface area (Å²) in [4.78, 5) is 39.1. The largest absolute Gasteiger partial charge is 0.465 e. The fraction of sp³-hybridized carbons (Fsp3) is 0.0690. The third-order valence-corrected chi connectivity index (χ3v) is 6.74. The molecule has 10 heteroatoms. The van der Waals surface area contributed by atoms with E-state index in [4.69, 9.17) is 16.0 Å². The normalized spacial score (nSPS) is 11.9. The van der Waals surface area contributed by atoms with Gasteiger partial charge in [-0.3, -0.25) is 14.4 Å². The third kappa shape index (κ3) is 7.83. The lowest BCUT2D eigenvalue weighted by atomic mass is 10.2. The predicted molar refractivity (Wildman–Crippen MR) is 151 cm³/mol. The SMILES string of the molecule is CC(Sc1ccc(NC(=O)/C(=C/c2ccco2)NC(=O)c2ccccc2)cc1)C(=O)Nc1ccc(F)c(Cl)c1. The van der Waals surface area contributed by atoms with E-state index in [1.165, 1.54) is 42.3 Å². The van der Waals surface area contributed by atoms with Gasteiger partial charge in [0, 0.05) is 27.9 Å². The highest BCUT2D eigenvalue weighted by molar-refractivity contribution is 8.00. The molecule has 0 radical (unpaired) electrons. The van der Waals surface area contributed by atoms with E-state index in [2.05, 4.69) is 16.0 Å². The molecule has 1 aromatic heterocycles. The summed E-state index contributed by atoms with van der Waals surface area (Å²) in [5.74, 6) is -1.42. The van der Waals surface area contributed by atoms with E-state index in [0.29, 0.717) is 22.7 Å². The van der Waals surface area contributed by atoms with Crippen LogP contribution in [-0.2, 0) is 9.59 Å². The Morgan fingerprint density at radius 3 is 2.31 bits per heavy atom. The quantitative estimate of drug-likeness (QED) is 0.157. The van der Waals surface area contributed by atoms with Crippen LogP contribution in [0.15, 0.2) is 106 Å². The first-order chi connectivity index (χ1) is 18.8. The first-order valence-electron chi connectivity index (χ1n) is 11.7. The highest BCUT2D eigenvalue weighted by atomic mass is 35.5. The second-order valence-corrected chi connectivity index (χ2v) is 10.1. The Labute approximate surface area is 233 Å². The van der Waals surface area contributed by atoms with Crippen molar-refractivity contribution in [2.45, 2.75) is 17.1 Å². The molecule has 1 atom stereocenters. The van der Waals surface area contributed by atoms with Crippen molar-refractivity contribution in [2.75, 3.05) is 10.6 Å². The average molecular weight is 564 g/mol. The first-order valence-corrected chi connectivity index (χ1v) is 13.0. The predicted octanol–water partition coefficient (Wildman–Crippen LogP) is 6.60. The molecule has 3 aromatic carbocycles. The highest BCUT2D eigenvalue weighted by Gasteiger charge is 2.17. The number of amides is 3. The maximum atomic E-state index is 13.3. The van der Waals surface area contributed by atoms with Crippen molar-refractivity contribution in [1.82, 2.24) is 5.32 Å². The molecule has 7 nitrogen and oxygen atoms in total. The van der Waals surface area contributed by atoms with Gasteiger partial charge in [0.2, 0.25) is 5.91 Å². The zero-order valence-corrected chi connectivity index (χ0v) is 22.2. The molecular weight excluding hydrogens is 541 g/mol. The lowest BCUT2D eigenvalue weighted by Gasteiger charge is -2.13. The molecule has 4 rings (SSSR count). The smallest absolute Gasteiger partial charge is 0.272 e. The van der Waals surface area contributed by atoms with Gasteiger partial charge in [0.1, 0.15) is 17.3 Å². The summed E-state index contributed by atoms with van der Waals surface area (Å²) in [6.07, 6.45) is 2.90. The molecule has 0 saturated carbocycles. The number of carbonyl (C=O) groups excluding carboxylic acids is 3. The number of halogens is 2. The van der Waals surface area contributed by atoms with Crippen molar-refractivity contribution in [3.8, 4) is 0 Å². The summed E-state index contributed by atoms with van der Waals surface area (Å²) in [6, 6.07) is 22.7. The van der Waals surface area contributed by atoms with E-state index in [-0.39, 0.29) is 16.6 Å². The van der Waals surface area contributed by atoms with Crippen molar-refractivity contribution >= 4 is 58.5 Å². The van der Waals surface area contributed by atoms with Crippen molar-refractivity contribution in [2.24, 2.45) is 0 Å². The van der Waals surface area contributed by atoms with Gasteiger partial charge in [-0.15, -0.1) is 11.8 Å². The van der Waals surface area contributed by atoms with E-state index in [1.807, 2.05) is 0 Å². The Balaban J connectivity index is 1.39. The van der Waals surface area contributed by atoms with Crippen LogP contribution in [0.2, 0.25) is 5.02 Å². The summed E-state index contributed by atoms with van der Waals surface area (Å²) in [6.45, 7) is 1.74. The van der Waals surface area contributed by atoms with Crippen LogP contribution in [0.4, 0.5) is 15.8 Å². The van der Waals surface area contributed by atoms with Gasteiger partial charge in [0.25, 0.3) is 11.8 Å². The monoisotopic (exact) mass is 563 g/mol. The van der Waals surface area contributed by atoms with E-state index >= 15 is 0 Å². The molecule has 1 heterocycles. The molecular formula is C29H23ClFN3O4S. The van der Waals surface area contributed by atoms with Crippen molar-refractivity contribution < 1.29 is 23.2 Å². The van der Waals surface area contributed by atoms with E-state index in [1.54, 1.807) is 73.7 Å². The minimum atomic E-state index is -0.563. The summed E-state index contributed by atoms with van der Waals surface area (Å²) in [5.41, 5.74) is 1.29. The Morgan fingerprint density at radius 1 is 0.923 bits per heavy atom. The summed E-state index contributed by atoms with van der Waals surface area (Å²) in [7, 11) is 0.